The predicted molar refractivity (Wildman–Crippen MR) is 74.6 cm³/mol. The van der Waals surface area contributed by atoms with Crippen molar-refractivity contribution < 1.29 is 0 Å². The Morgan fingerprint density at radius 2 is 2.35 bits per heavy atom. The summed E-state index contributed by atoms with van der Waals surface area (Å²) in [4.78, 5) is 7.11. The van der Waals surface area contributed by atoms with Crippen molar-refractivity contribution >= 4 is 32.4 Å². The molecule has 0 bridgehead atoms. The number of nitrogens with zero attached hydrogens (tertiary/aromatic N) is 2. The monoisotopic (exact) mass is 247 g/mol. The lowest BCUT2D eigenvalue weighted by molar-refractivity contribution is 0.446. The number of anilines is 2. The van der Waals surface area contributed by atoms with Crippen molar-refractivity contribution in [1.29, 1.82) is 0 Å². The van der Waals surface area contributed by atoms with Gasteiger partial charge in [-0.05, 0) is 37.0 Å². The molecule has 17 heavy (non-hydrogen) atoms. The minimum absolute atomic E-state index is 0.779. The highest BCUT2D eigenvalue weighted by atomic mass is 32.1. The summed E-state index contributed by atoms with van der Waals surface area (Å²) >= 11 is 1.75. The molecule has 3 rings (SSSR count). The van der Waals surface area contributed by atoms with Crippen LogP contribution in [0.3, 0.4) is 0 Å². The van der Waals surface area contributed by atoms with E-state index in [0.717, 1.165) is 35.3 Å². The van der Waals surface area contributed by atoms with Crippen molar-refractivity contribution in [3.05, 3.63) is 18.2 Å². The van der Waals surface area contributed by atoms with Gasteiger partial charge in [-0.25, -0.2) is 4.98 Å². The van der Waals surface area contributed by atoms with Crippen LogP contribution in [0.1, 0.15) is 19.8 Å². The molecule has 0 aliphatic carbocycles. The largest absolute Gasteiger partial charge is 0.399 e. The third-order valence-electron chi connectivity index (χ3n) is 3.33. The molecule has 0 amide bonds. The van der Waals surface area contributed by atoms with E-state index in [1.807, 2.05) is 18.2 Å². The van der Waals surface area contributed by atoms with Gasteiger partial charge in [0.1, 0.15) is 0 Å². The lowest BCUT2D eigenvalue weighted by Gasteiger charge is -2.30. The maximum atomic E-state index is 5.80. The molecule has 2 aromatic rings. The van der Waals surface area contributed by atoms with Gasteiger partial charge in [0, 0.05) is 18.8 Å². The summed E-state index contributed by atoms with van der Waals surface area (Å²) in [6, 6.07) is 5.95. The van der Waals surface area contributed by atoms with E-state index in [0.29, 0.717) is 0 Å². The molecule has 0 spiro atoms. The molecule has 3 nitrogen and oxygen atoms in total. The van der Waals surface area contributed by atoms with E-state index in [4.69, 9.17) is 10.7 Å². The molecule has 1 aromatic carbocycles. The maximum Gasteiger partial charge on any atom is 0.186 e. The van der Waals surface area contributed by atoms with Crippen LogP contribution in [-0.2, 0) is 0 Å². The Labute approximate surface area is 105 Å². The summed E-state index contributed by atoms with van der Waals surface area (Å²) in [5.41, 5.74) is 7.69. The molecule has 1 aliphatic heterocycles. The van der Waals surface area contributed by atoms with Gasteiger partial charge in [-0.2, -0.15) is 0 Å². The second-order valence-corrected chi connectivity index (χ2v) is 5.93. The highest BCUT2D eigenvalue weighted by Gasteiger charge is 2.19. The fourth-order valence-electron chi connectivity index (χ4n) is 2.43. The standard InChI is InChI=1S/C13H17N3S/c1-9-3-2-6-16(8-9)13-15-11-5-4-10(14)7-12(11)17-13/h4-5,7,9H,2-3,6,8,14H2,1H3. The van der Waals surface area contributed by atoms with Crippen molar-refractivity contribution in [2.75, 3.05) is 23.7 Å². The number of hydrogen-bond acceptors (Lipinski definition) is 4. The van der Waals surface area contributed by atoms with Crippen molar-refractivity contribution in [1.82, 2.24) is 4.98 Å². The number of thiazole rings is 1. The van der Waals surface area contributed by atoms with Crippen LogP contribution < -0.4 is 10.6 Å². The van der Waals surface area contributed by atoms with E-state index >= 15 is 0 Å². The van der Waals surface area contributed by atoms with Crippen LogP contribution in [-0.4, -0.2) is 18.1 Å². The average molecular weight is 247 g/mol. The average Bonchev–Trinajstić information content (AvgIpc) is 2.72. The molecule has 90 valence electrons. The zero-order valence-electron chi connectivity index (χ0n) is 10.0. The van der Waals surface area contributed by atoms with Gasteiger partial charge in [0.05, 0.1) is 10.2 Å². The highest BCUT2D eigenvalue weighted by molar-refractivity contribution is 7.22. The molecule has 1 unspecified atom stereocenters. The molecule has 1 saturated heterocycles. The third kappa shape index (κ3) is 2.09. The second kappa shape index (κ2) is 4.18. The third-order valence-corrected chi connectivity index (χ3v) is 4.41. The van der Waals surface area contributed by atoms with Crippen LogP contribution in [0, 0.1) is 5.92 Å². The Kier molecular flexibility index (Phi) is 2.67. The van der Waals surface area contributed by atoms with Crippen LogP contribution in [0.25, 0.3) is 10.2 Å². The number of piperidine rings is 1. The minimum Gasteiger partial charge on any atom is -0.399 e. The van der Waals surface area contributed by atoms with E-state index in [1.54, 1.807) is 11.3 Å². The van der Waals surface area contributed by atoms with E-state index in [9.17, 15) is 0 Å². The molecular formula is C13H17N3S. The van der Waals surface area contributed by atoms with E-state index in [2.05, 4.69) is 11.8 Å². The summed E-state index contributed by atoms with van der Waals surface area (Å²) in [5, 5.41) is 1.15. The lowest BCUT2D eigenvalue weighted by atomic mass is 10.0. The topological polar surface area (TPSA) is 42.2 Å². The maximum absolute atomic E-state index is 5.80. The molecular weight excluding hydrogens is 230 g/mol. The second-order valence-electron chi connectivity index (χ2n) is 4.92. The Bertz CT molecular complexity index is 534. The SMILES string of the molecule is CC1CCCN(c2nc3ccc(N)cc3s2)C1. The van der Waals surface area contributed by atoms with Crippen molar-refractivity contribution in [2.45, 2.75) is 19.8 Å². The number of nitrogen functional groups attached to an aromatic ring is 1. The summed E-state index contributed by atoms with van der Waals surface area (Å²) in [6.45, 7) is 4.59. The van der Waals surface area contributed by atoms with Crippen LogP contribution in [0.5, 0.6) is 0 Å². The molecule has 0 radical (unpaired) electrons. The number of nitrogens with two attached hydrogens (primary N) is 1. The summed E-state index contributed by atoms with van der Waals surface area (Å²) in [5.74, 6) is 0.779. The zero-order valence-corrected chi connectivity index (χ0v) is 10.8. The number of rotatable bonds is 1. The molecule has 1 fully saturated rings. The smallest absolute Gasteiger partial charge is 0.186 e. The first-order valence-electron chi connectivity index (χ1n) is 6.13. The minimum atomic E-state index is 0.779. The molecule has 0 saturated carbocycles. The zero-order chi connectivity index (χ0) is 11.8. The van der Waals surface area contributed by atoms with Gasteiger partial charge in [0.15, 0.2) is 5.13 Å². The predicted octanol–water partition coefficient (Wildman–Crippen LogP) is 3.11. The number of benzene rings is 1. The first-order chi connectivity index (χ1) is 8.22. The Morgan fingerprint density at radius 3 is 3.18 bits per heavy atom. The van der Waals surface area contributed by atoms with Gasteiger partial charge < -0.3 is 10.6 Å². The normalized spacial score (nSPS) is 21.0. The molecule has 2 heterocycles. The van der Waals surface area contributed by atoms with Gasteiger partial charge >= 0.3 is 0 Å². The number of hydrogen-bond donors (Lipinski definition) is 1. The van der Waals surface area contributed by atoms with Crippen LogP contribution >= 0.6 is 11.3 Å². The van der Waals surface area contributed by atoms with Crippen molar-refractivity contribution in [2.24, 2.45) is 5.92 Å². The molecule has 1 atom stereocenters. The van der Waals surface area contributed by atoms with E-state index < -0.39 is 0 Å². The lowest BCUT2D eigenvalue weighted by Crippen LogP contribution is -2.34. The molecule has 1 aliphatic rings. The fraction of sp³-hybridized carbons (Fsp3) is 0.462. The van der Waals surface area contributed by atoms with Gasteiger partial charge in [0.25, 0.3) is 0 Å². The summed E-state index contributed by atoms with van der Waals surface area (Å²) < 4.78 is 1.19. The van der Waals surface area contributed by atoms with Crippen LogP contribution in [0.4, 0.5) is 10.8 Å². The molecule has 1 aromatic heterocycles. The van der Waals surface area contributed by atoms with Gasteiger partial charge in [-0.1, -0.05) is 18.3 Å². The summed E-state index contributed by atoms with van der Waals surface area (Å²) in [7, 11) is 0. The van der Waals surface area contributed by atoms with E-state index in [-0.39, 0.29) is 0 Å². The number of fused-ring (bicyclic) bond motifs is 1. The Hall–Kier alpha value is -1.29. The van der Waals surface area contributed by atoms with Gasteiger partial charge in [0.2, 0.25) is 0 Å². The molecule has 2 N–H and O–H groups in total. The molecule has 4 heteroatoms. The summed E-state index contributed by atoms with van der Waals surface area (Å²) in [6.07, 6.45) is 2.62. The highest BCUT2D eigenvalue weighted by Crippen LogP contribution is 2.32. The van der Waals surface area contributed by atoms with Gasteiger partial charge in [-0.15, -0.1) is 0 Å². The van der Waals surface area contributed by atoms with Gasteiger partial charge in [-0.3, -0.25) is 0 Å². The number of aromatic nitrogens is 1. The Morgan fingerprint density at radius 1 is 1.47 bits per heavy atom. The quantitative estimate of drug-likeness (QED) is 0.787. The first kappa shape index (κ1) is 10.8. The fourth-order valence-corrected chi connectivity index (χ4v) is 3.48. The van der Waals surface area contributed by atoms with Crippen molar-refractivity contribution in [3.63, 3.8) is 0 Å². The first-order valence-corrected chi connectivity index (χ1v) is 6.95. The van der Waals surface area contributed by atoms with E-state index in [1.165, 1.54) is 17.5 Å². The van der Waals surface area contributed by atoms with Crippen LogP contribution in [0.2, 0.25) is 0 Å². The Balaban J connectivity index is 1.94. The van der Waals surface area contributed by atoms with Crippen molar-refractivity contribution in [3.8, 4) is 0 Å². The van der Waals surface area contributed by atoms with Crippen LogP contribution in [0.15, 0.2) is 18.2 Å².